The van der Waals surface area contributed by atoms with Gasteiger partial charge in [-0.25, -0.2) is 4.98 Å². The fraction of sp³-hybridized carbons (Fsp3) is 0.118. The number of nitrogens with one attached hydrogen (secondary N) is 1. The Morgan fingerprint density at radius 2 is 1.83 bits per heavy atom. The molecule has 0 unspecified atom stereocenters. The third-order valence-electron chi connectivity index (χ3n) is 3.72. The van der Waals surface area contributed by atoms with E-state index in [0.29, 0.717) is 28.4 Å². The van der Waals surface area contributed by atoms with Crippen LogP contribution in [0.3, 0.4) is 0 Å². The van der Waals surface area contributed by atoms with Crippen molar-refractivity contribution in [1.82, 2.24) is 9.97 Å². The van der Waals surface area contributed by atoms with Crippen molar-refractivity contribution in [2.45, 2.75) is 6.92 Å². The number of rotatable bonds is 3. The predicted octanol–water partition coefficient (Wildman–Crippen LogP) is 3.96. The van der Waals surface area contributed by atoms with Gasteiger partial charge in [0.1, 0.15) is 5.82 Å². The van der Waals surface area contributed by atoms with Crippen LogP contribution in [0.5, 0.6) is 11.5 Å². The number of Topliss-reactive ketones (excluding diaryl/α,β-unsaturated/α-hetero) is 1. The molecule has 0 saturated heterocycles. The Hall–Kier alpha value is -2.86. The molecule has 3 aromatic rings. The van der Waals surface area contributed by atoms with Crippen molar-refractivity contribution >= 4 is 39.8 Å². The summed E-state index contributed by atoms with van der Waals surface area (Å²) >= 11 is 6.03. The molecule has 1 aliphatic heterocycles. The number of benzene rings is 2. The second-order valence-electron chi connectivity index (χ2n) is 5.32. The van der Waals surface area contributed by atoms with Gasteiger partial charge < -0.3 is 14.8 Å². The second-order valence-corrected chi connectivity index (χ2v) is 5.66. The lowest BCUT2D eigenvalue weighted by Crippen LogP contribution is -1.98. The van der Waals surface area contributed by atoms with Gasteiger partial charge in [0.15, 0.2) is 17.3 Å². The second kappa shape index (κ2) is 5.65. The van der Waals surface area contributed by atoms with Gasteiger partial charge in [-0.15, -0.1) is 0 Å². The normalized spacial score (nSPS) is 12.4. The van der Waals surface area contributed by atoms with Gasteiger partial charge in [-0.2, -0.15) is 4.98 Å². The van der Waals surface area contributed by atoms with E-state index >= 15 is 0 Å². The first kappa shape index (κ1) is 14.7. The summed E-state index contributed by atoms with van der Waals surface area (Å²) in [5.41, 5.74) is 2.09. The summed E-state index contributed by atoms with van der Waals surface area (Å²) in [4.78, 5) is 19.8. The van der Waals surface area contributed by atoms with E-state index in [1.54, 1.807) is 18.2 Å². The molecule has 6 nitrogen and oxygen atoms in total. The first-order valence-corrected chi connectivity index (χ1v) is 7.63. The van der Waals surface area contributed by atoms with Crippen LogP contribution < -0.4 is 14.8 Å². The van der Waals surface area contributed by atoms with Crippen LogP contribution in [0.4, 0.5) is 11.5 Å². The molecule has 1 aliphatic rings. The van der Waals surface area contributed by atoms with E-state index in [9.17, 15) is 4.79 Å². The van der Waals surface area contributed by atoms with Crippen LogP contribution in [-0.4, -0.2) is 22.5 Å². The molecular weight excluding hydrogens is 330 g/mol. The number of carbonyl (C=O) groups excluding carboxylic acids is 1. The number of hydrogen-bond acceptors (Lipinski definition) is 6. The molecule has 0 fully saturated rings. The van der Waals surface area contributed by atoms with Crippen LogP contribution in [-0.2, 0) is 0 Å². The molecule has 1 aromatic heterocycles. The van der Waals surface area contributed by atoms with E-state index < -0.39 is 0 Å². The lowest BCUT2D eigenvalue weighted by atomic mass is 10.1. The maximum Gasteiger partial charge on any atom is 0.231 e. The third-order valence-corrected chi connectivity index (χ3v) is 3.89. The van der Waals surface area contributed by atoms with Gasteiger partial charge in [-0.3, -0.25) is 4.79 Å². The molecule has 0 bridgehead atoms. The average molecular weight is 342 g/mol. The summed E-state index contributed by atoms with van der Waals surface area (Å²) in [6, 6.07) is 10.7. The van der Waals surface area contributed by atoms with Crippen LogP contribution >= 0.6 is 11.6 Å². The van der Waals surface area contributed by atoms with Gasteiger partial charge in [-0.05, 0) is 48.9 Å². The molecule has 0 atom stereocenters. The van der Waals surface area contributed by atoms with Crippen molar-refractivity contribution < 1.29 is 14.3 Å². The third kappa shape index (κ3) is 2.61. The smallest absolute Gasteiger partial charge is 0.231 e. The highest BCUT2D eigenvalue weighted by molar-refractivity contribution is 6.28. The van der Waals surface area contributed by atoms with Gasteiger partial charge >= 0.3 is 0 Å². The zero-order chi connectivity index (χ0) is 16.7. The molecule has 2 aromatic carbocycles. The molecule has 0 spiro atoms. The van der Waals surface area contributed by atoms with Crippen molar-refractivity contribution in [2.24, 2.45) is 0 Å². The number of hydrogen-bond donors (Lipinski definition) is 1. The minimum atomic E-state index is 0.0183. The van der Waals surface area contributed by atoms with Gasteiger partial charge in [0.25, 0.3) is 0 Å². The van der Waals surface area contributed by atoms with Gasteiger partial charge in [-0.1, -0.05) is 0 Å². The Morgan fingerprint density at radius 3 is 2.54 bits per heavy atom. The van der Waals surface area contributed by atoms with Crippen LogP contribution in [0.25, 0.3) is 10.9 Å². The lowest BCUT2D eigenvalue weighted by molar-refractivity contribution is 0.101. The van der Waals surface area contributed by atoms with E-state index in [2.05, 4.69) is 15.3 Å². The van der Waals surface area contributed by atoms with Crippen molar-refractivity contribution in [3.63, 3.8) is 0 Å². The van der Waals surface area contributed by atoms with E-state index in [-0.39, 0.29) is 17.9 Å². The largest absolute Gasteiger partial charge is 0.454 e. The number of anilines is 2. The predicted molar refractivity (Wildman–Crippen MR) is 90.4 cm³/mol. The molecule has 120 valence electrons. The number of ketones is 1. The van der Waals surface area contributed by atoms with Crippen molar-refractivity contribution in [3.8, 4) is 11.5 Å². The number of aromatic nitrogens is 2. The maximum atomic E-state index is 11.4. The van der Waals surface area contributed by atoms with E-state index in [0.717, 1.165) is 11.1 Å². The molecule has 0 radical (unpaired) electrons. The van der Waals surface area contributed by atoms with Crippen LogP contribution in [0.15, 0.2) is 36.4 Å². The topological polar surface area (TPSA) is 73.3 Å². The highest BCUT2D eigenvalue weighted by Crippen LogP contribution is 2.38. The Kier molecular flexibility index (Phi) is 3.46. The first-order chi connectivity index (χ1) is 11.6. The number of ether oxygens (including phenoxy) is 2. The quantitative estimate of drug-likeness (QED) is 0.574. The zero-order valence-electron chi connectivity index (χ0n) is 12.7. The van der Waals surface area contributed by atoms with Crippen molar-refractivity contribution in [1.29, 1.82) is 0 Å². The number of halogens is 1. The molecule has 1 N–H and O–H groups in total. The van der Waals surface area contributed by atoms with Crippen molar-refractivity contribution in [2.75, 3.05) is 12.1 Å². The number of nitrogens with zero attached hydrogens (tertiary/aromatic N) is 2. The zero-order valence-corrected chi connectivity index (χ0v) is 13.4. The number of carbonyl (C=O) groups is 1. The van der Waals surface area contributed by atoms with Gasteiger partial charge in [0.2, 0.25) is 12.1 Å². The Labute approximate surface area is 142 Å². The SMILES string of the molecule is CC(=O)c1ccc(Nc2nc(Cl)nc3cc4c(cc23)OCO4)cc1. The van der Waals surface area contributed by atoms with Crippen LogP contribution in [0.1, 0.15) is 17.3 Å². The molecule has 0 saturated carbocycles. The fourth-order valence-corrected chi connectivity index (χ4v) is 2.69. The Morgan fingerprint density at radius 1 is 1.12 bits per heavy atom. The maximum absolute atomic E-state index is 11.4. The monoisotopic (exact) mass is 341 g/mol. The summed E-state index contributed by atoms with van der Waals surface area (Å²) in [7, 11) is 0. The molecule has 2 heterocycles. The fourth-order valence-electron chi connectivity index (χ4n) is 2.51. The standard InChI is InChI=1S/C17H12ClN3O3/c1-9(22)10-2-4-11(5-3-10)19-16-12-6-14-15(24-8-23-14)7-13(12)20-17(18)21-16/h2-7H,8H2,1H3,(H,19,20,21). The minimum Gasteiger partial charge on any atom is -0.454 e. The van der Waals surface area contributed by atoms with E-state index in [1.807, 2.05) is 18.2 Å². The van der Waals surface area contributed by atoms with Crippen molar-refractivity contribution in [3.05, 3.63) is 47.2 Å². The van der Waals surface area contributed by atoms with E-state index in [4.69, 9.17) is 21.1 Å². The summed E-state index contributed by atoms with van der Waals surface area (Å²) in [6.07, 6.45) is 0. The van der Waals surface area contributed by atoms with Gasteiger partial charge in [0.05, 0.1) is 5.52 Å². The molecule has 24 heavy (non-hydrogen) atoms. The molecule has 4 rings (SSSR count). The highest BCUT2D eigenvalue weighted by atomic mass is 35.5. The van der Waals surface area contributed by atoms with E-state index in [1.165, 1.54) is 6.92 Å². The molecule has 0 aliphatic carbocycles. The molecule has 0 amide bonds. The summed E-state index contributed by atoms with van der Waals surface area (Å²) in [5.74, 6) is 1.85. The average Bonchev–Trinajstić information content (AvgIpc) is 3.00. The summed E-state index contributed by atoms with van der Waals surface area (Å²) in [6.45, 7) is 1.71. The first-order valence-electron chi connectivity index (χ1n) is 7.25. The summed E-state index contributed by atoms with van der Waals surface area (Å²) < 4.78 is 10.8. The van der Waals surface area contributed by atoms with Crippen LogP contribution in [0, 0.1) is 0 Å². The summed E-state index contributed by atoms with van der Waals surface area (Å²) in [5, 5.41) is 4.09. The van der Waals surface area contributed by atoms with Gasteiger partial charge in [0, 0.05) is 22.7 Å². The highest BCUT2D eigenvalue weighted by Gasteiger charge is 2.17. The molecular formula is C17H12ClN3O3. The minimum absolute atomic E-state index is 0.0183. The van der Waals surface area contributed by atoms with Crippen LogP contribution in [0.2, 0.25) is 5.28 Å². The molecule has 7 heteroatoms. The number of fused-ring (bicyclic) bond motifs is 2. The Balaban J connectivity index is 1.76. The lowest BCUT2D eigenvalue weighted by Gasteiger charge is -2.10. The Bertz CT molecular complexity index is 957.